The summed E-state index contributed by atoms with van der Waals surface area (Å²) in [6, 6.07) is 13.7. The molecule has 0 unspecified atom stereocenters. The van der Waals surface area contributed by atoms with Crippen molar-refractivity contribution < 1.29 is 13.9 Å². The summed E-state index contributed by atoms with van der Waals surface area (Å²) in [5.74, 6) is 0.357. The number of amides is 1. The van der Waals surface area contributed by atoms with Crippen LogP contribution in [0.15, 0.2) is 48.5 Å². The summed E-state index contributed by atoms with van der Waals surface area (Å²) in [5.41, 5.74) is 2.16. The maximum atomic E-state index is 12.8. The number of rotatable bonds is 6. The molecule has 0 heterocycles. The molecule has 1 amide bonds. The van der Waals surface area contributed by atoms with E-state index < -0.39 is 0 Å². The van der Waals surface area contributed by atoms with Crippen LogP contribution in [0.25, 0.3) is 0 Å². The number of carbonyl (C=O) groups is 1. The highest BCUT2D eigenvalue weighted by Gasteiger charge is 2.10. The van der Waals surface area contributed by atoms with E-state index in [1.54, 1.807) is 24.1 Å². The van der Waals surface area contributed by atoms with Crippen molar-refractivity contribution in [3.63, 3.8) is 0 Å². The Hall–Kier alpha value is -2.36. The number of nitrogens with zero attached hydrogens (tertiary/aromatic N) is 1. The lowest BCUT2D eigenvalue weighted by Gasteiger charge is -2.18. The molecule has 0 aromatic heterocycles. The predicted octanol–water partition coefficient (Wildman–Crippen LogP) is 3.21. The van der Waals surface area contributed by atoms with E-state index in [1.807, 2.05) is 31.2 Å². The van der Waals surface area contributed by atoms with Crippen LogP contribution in [0.5, 0.6) is 5.75 Å². The van der Waals surface area contributed by atoms with Crippen LogP contribution in [-0.2, 0) is 11.2 Å². The van der Waals surface area contributed by atoms with Crippen LogP contribution in [0.4, 0.5) is 4.39 Å². The molecular weight excluding hydrogens is 281 g/mol. The van der Waals surface area contributed by atoms with Gasteiger partial charge in [0.1, 0.15) is 18.2 Å². The second-order valence-electron chi connectivity index (χ2n) is 5.22. The lowest BCUT2D eigenvalue weighted by molar-refractivity contribution is -0.129. The van der Waals surface area contributed by atoms with Crippen molar-refractivity contribution in [1.29, 1.82) is 0 Å². The number of hydrogen-bond acceptors (Lipinski definition) is 2. The molecule has 0 N–H and O–H groups in total. The normalized spacial score (nSPS) is 10.3. The zero-order valence-electron chi connectivity index (χ0n) is 12.9. The second-order valence-corrected chi connectivity index (χ2v) is 5.22. The van der Waals surface area contributed by atoms with Crippen LogP contribution in [-0.4, -0.2) is 31.0 Å². The van der Waals surface area contributed by atoms with E-state index in [1.165, 1.54) is 12.1 Å². The number of likely N-dealkylation sites (N-methyl/N-ethyl adjacent to an activating group) is 1. The van der Waals surface area contributed by atoms with Crippen molar-refractivity contribution in [1.82, 2.24) is 4.90 Å². The Kier molecular flexibility index (Phi) is 5.53. The second kappa shape index (κ2) is 7.59. The fourth-order valence-corrected chi connectivity index (χ4v) is 2.06. The Morgan fingerprint density at radius 2 is 1.82 bits per heavy atom. The van der Waals surface area contributed by atoms with E-state index in [9.17, 15) is 9.18 Å². The fraction of sp³-hybridized carbons (Fsp3) is 0.278. The summed E-state index contributed by atoms with van der Waals surface area (Å²) in [6.07, 6.45) is 0.389. The third kappa shape index (κ3) is 4.58. The summed E-state index contributed by atoms with van der Waals surface area (Å²) in [5, 5.41) is 0. The first kappa shape index (κ1) is 16.0. The number of aryl methyl sites for hydroxylation is 1. The molecule has 22 heavy (non-hydrogen) atoms. The first-order valence-electron chi connectivity index (χ1n) is 7.23. The SMILES string of the molecule is Cc1ccccc1CC(=O)N(C)CCOc1ccc(F)cc1. The van der Waals surface area contributed by atoms with E-state index in [4.69, 9.17) is 4.74 Å². The third-order valence-electron chi connectivity index (χ3n) is 3.54. The van der Waals surface area contributed by atoms with Crippen LogP contribution in [0.2, 0.25) is 0 Å². The van der Waals surface area contributed by atoms with Gasteiger partial charge in [0, 0.05) is 7.05 Å². The summed E-state index contributed by atoms with van der Waals surface area (Å²) >= 11 is 0. The molecule has 0 atom stereocenters. The topological polar surface area (TPSA) is 29.5 Å². The van der Waals surface area contributed by atoms with E-state index >= 15 is 0 Å². The monoisotopic (exact) mass is 301 g/mol. The summed E-state index contributed by atoms with van der Waals surface area (Å²) in [7, 11) is 1.76. The molecule has 4 heteroatoms. The van der Waals surface area contributed by atoms with Crippen molar-refractivity contribution >= 4 is 5.91 Å². The van der Waals surface area contributed by atoms with Gasteiger partial charge in [-0.2, -0.15) is 0 Å². The molecule has 2 aromatic rings. The number of halogens is 1. The minimum absolute atomic E-state index is 0.0528. The Bertz CT molecular complexity index is 625. The molecule has 0 aliphatic carbocycles. The lowest BCUT2D eigenvalue weighted by Crippen LogP contribution is -2.32. The smallest absolute Gasteiger partial charge is 0.226 e. The van der Waals surface area contributed by atoms with Crippen molar-refractivity contribution in [3.05, 3.63) is 65.5 Å². The average molecular weight is 301 g/mol. The zero-order valence-corrected chi connectivity index (χ0v) is 12.9. The molecule has 0 bridgehead atoms. The zero-order chi connectivity index (χ0) is 15.9. The molecule has 2 rings (SSSR count). The highest BCUT2D eigenvalue weighted by atomic mass is 19.1. The Morgan fingerprint density at radius 1 is 1.14 bits per heavy atom. The first-order valence-corrected chi connectivity index (χ1v) is 7.23. The third-order valence-corrected chi connectivity index (χ3v) is 3.54. The van der Waals surface area contributed by atoms with E-state index in [-0.39, 0.29) is 11.7 Å². The van der Waals surface area contributed by atoms with Crippen molar-refractivity contribution in [2.75, 3.05) is 20.2 Å². The quantitative estimate of drug-likeness (QED) is 0.820. The number of ether oxygens (including phenoxy) is 1. The summed E-state index contributed by atoms with van der Waals surface area (Å²) < 4.78 is 18.3. The van der Waals surface area contributed by atoms with Crippen LogP contribution >= 0.6 is 0 Å². The van der Waals surface area contributed by atoms with Gasteiger partial charge in [-0.1, -0.05) is 24.3 Å². The summed E-state index contributed by atoms with van der Waals surface area (Å²) in [6.45, 7) is 2.87. The average Bonchev–Trinajstić information content (AvgIpc) is 2.51. The maximum absolute atomic E-state index is 12.8. The van der Waals surface area contributed by atoms with Gasteiger partial charge >= 0.3 is 0 Å². The van der Waals surface area contributed by atoms with Crippen LogP contribution in [0.1, 0.15) is 11.1 Å². The van der Waals surface area contributed by atoms with Crippen molar-refractivity contribution in [2.24, 2.45) is 0 Å². The predicted molar refractivity (Wildman–Crippen MR) is 84.4 cm³/mol. The molecule has 116 valence electrons. The maximum Gasteiger partial charge on any atom is 0.226 e. The van der Waals surface area contributed by atoms with Gasteiger partial charge in [0.15, 0.2) is 0 Å². The van der Waals surface area contributed by atoms with Gasteiger partial charge in [-0.3, -0.25) is 4.79 Å². The first-order chi connectivity index (χ1) is 10.6. The molecule has 3 nitrogen and oxygen atoms in total. The largest absolute Gasteiger partial charge is 0.492 e. The molecule has 0 saturated carbocycles. The highest BCUT2D eigenvalue weighted by molar-refractivity contribution is 5.78. The minimum Gasteiger partial charge on any atom is -0.492 e. The Labute approximate surface area is 130 Å². The van der Waals surface area contributed by atoms with Gasteiger partial charge in [-0.25, -0.2) is 4.39 Å². The number of hydrogen-bond donors (Lipinski definition) is 0. The van der Waals surface area contributed by atoms with E-state index in [0.717, 1.165) is 11.1 Å². The van der Waals surface area contributed by atoms with Gasteiger partial charge in [-0.05, 0) is 42.3 Å². The van der Waals surface area contributed by atoms with E-state index in [2.05, 4.69) is 0 Å². The molecule has 0 fully saturated rings. The van der Waals surface area contributed by atoms with Crippen molar-refractivity contribution in [3.8, 4) is 5.75 Å². The van der Waals surface area contributed by atoms with Gasteiger partial charge in [0.2, 0.25) is 5.91 Å². The number of carbonyl (C=O) groups excluding carboxylic acids is 1. The molecule has 0 aliphatic heterocycles. The standard InChI is InChI=1S/C18H20FNO2/c1-14-5-3-4-6-15(14)13-18(21)20(2)11-12-22-17-9-7-16(19)8-10-17/h3-10H,11-13H2,1-2H3. The van der Waals surface area contributed by atoms with Gasteiger partial charge < -0.3 is 9.64 Å². The number of benzene rings is 2. The molecular formula is C18H20FNO2. The molecule has 0 aliphatic rings. The molecule has 0 spiro atoms. The van der Waals surface area contributed by atoms with Crippen LogP contribution in [0.3, 0.4) is 0 Å². The molecule has 0 saturated heterocycles. The van der Waals surface area contributed by atoms with Crippen LogP contribution in [0, 0.1) is 12.7 Å². The summed E-state index contributed by atoms with van der Waals surface area (Å²) in [4.78, 5) is 13.8. The van der Waals surface area contributed by atoms with Gasteiger partial charge in [0.05, 0.1) is 13.0 Å². The highest BCUT2D eigenvalue weighted by Crippen LogP contribution is 2.11. The fourth-order valence-electron chi connectivity index (χ4n) is 2.06. The van der Waals surface area contributed by atoms with Gasteiger partial charge in [0.25, 0.3) is 0 Å². The Balaban J connectivity index is 1.79. The van der Waals surface area contributed by atoms with Crippen LogP contribution < -0.4 is 4.74 Å². The van der Waals surface area contributed by atoms with Crippen molar-refractivity contribution in [2.45, 2.75) is 13.3 Å². The van der Waals surface area contributed by atoms with Gasteiger partial charge in [-0.15, -0.1) is 0 Å². The Morgan fingerprint density at radius 3 is 2.50 bits per heavy atom. The lowest BCUT2D eigenvalue weighted by atomic mass is 10.1. The van der Waals surface area contributed by atoms with E-state index in [0.29, 0.717) is 25.3 Å². The minimum atomic E-state index is -0.294. The molecule has 0 radical (unpaired) electrons. The molecule has 2 aromatic carbocycles.